The number of nitrogens with one attached hydrogen (secondary N) is 1. The van der Waals surface area contributed by atoms with Gasteiger partial charge >= 0.3 is 0 Å². The fourth-order valence-electron chi connectivity index (χ4n) is 2.75. The average molecular weight is 269 g/mol. The molecule has 1 aliphatic rings. The molecule has 1 N–H and O–H groups in total. The number of hydrogen-bond donors (Lipinski definition) is 1. The molecule has 20 heavy (non-hydrogen) atoms. The van der Waals surface area contributed by atoms with E-state index in [-0.39, 0.29) is 5.91 Å². The standard InChI is InChI=1S/C17H19NO2/c19-17(12-13-8-10-20-11-9-13)18-16-7-3-5-14-4-1-2-6-15(14)16/h1-7,13H,8-12H2,(H,18,19). The van der Waals surface area contributed by atoms with Crippen molar-refractivity contribution in [2.75, 3.05) is 18.5 Å². The Morgan fingerprint density at radius 3 is 2.70 bits per heavy atom. The summed E-state index contributed by atoms with van der Waals surface area (Å²) in [4.78, 5) is 12.2. The predicted molar refractivity (Wildman–Crippen MR) is 80.7 cm³/mol. The summed E-state index contributed by atoms with van der Waals surface area (Å²) in [5.74, 6) is 0.562. The summed E-state index contributed by atoms with van der Waals surface area (Å²) < 4.78 is 5.33. The number of benzene rings is 2. The Hall–Kier alpha value is -1.87. The summed E-state index contributed by atoms with van der Waals surface area (Å²) in [7, 11) is 0. The van der Waals surface area contributed by atoms with Crippen LogP contribution < -0.4 is 5.32 Å². The van der Waals surface area contributed by atoms with Gasteiger partial charge < -0.3 is 10.1 Å². The number of amides is 1. The molecule has 3 heteroatoms. The second kappa shape index (κ2) is 6.06. The molecule has 2 aromatic rings. The van der Waals surface area contributed by atoms with E-state index in [1.54, 1.807) is 0 Å². The molecular weight excluding hydrogens is 250 g/mol. The van der Waals surface area contributed by atoms with E-state index in [0.29, 0.717) is 12.3 Å². The third kappa shape index (κ3) is 2.99. The molecule has 0 radical (unpaired) electrons. The van der Waals surface area contributed by atoms with Crippen molar-refractivity contribution >= 4 is 22.4 Å². The first-order valence-electron chi connectivity index (χ1n) is 7.18. The van der Waals surface area contributed by atoms with Gasteiger partial charge in [0.1, 0.15) is 0 Å². The van der Waals surface area contributed by atoms with Crippen LogP contribution in [-0.2, 0) is 9.53 Å². The highest BCUT2D eigenvalue weighted by Crippen LogP contribution is 2.24. The van der Waals surface area contributed by atoms with Gasteiger partial charge in [-0.15, -0.1) is 0 Å². The molecule has 1 saturated heterocycles. The monoisotopic (exact) mass is 269 g/mol. The summed E-state index contributed by atoms with van der Waals surface area (Å²) >= 11 is 0. The van der Waals surface area contributed by atoms with Crippen LogP contribution in [0.5, 0.6) is 0 Å². The van der Waals surface area contributed by atoms with Crippen molar-refractivity contribution in [3.05, 3.63) is 42.5 Å². The minimum absolute atomic E-state index is 0.105. The highest BCUT2D eigenvalue weighted by molar-refractivity contribution is 6.02. The van der Waals surface area contributed by atoms with Crippen LogP contribution in [0.25, 0.3) is 10.8 Å². The molecule has 0 saturated carbocycles. The fraction of sp³-hybridized carbons (Fsp3) is 0.353. The van der Waals surface area contributed by atoms with E-state index >= 15 is 0 Å². The van der Waals surface area contributed by atoms with Crippen molar-refractivity contribution in [2.24, 2.45) is 5.92 Å². The van der Waals surface area contributed by atoms with Crippen molar-refractivity contribution in [3.8, 4) is 0 Å². The second-order valence-electron chi connectivity index (χ2n) is 5.33. The predicted octanol–water partition coefficient (Wildman–Crippen LogP) is 3.60. The van der Waals surface area contributed by atoms with Crippen LogP contribution in [0.3, 0.4) is 0 Å². The number of fused-ring (bicyclic) bond motifs is 1. The highest BCUT2D eigenvalue weighted by atomic mass is 16.5. The van der Waals surface area contributed by atoms with Gasteiger partial charge in [0, 0.05) is 30.7 Å². The lowest BCUT2D eigenvalue weighted by Gasteiger charge is -2.21. The Labute approximate surface area is 118 Å². The van der Waals surface area contributed by atoms with Crippen LogP contribution in [0.1, 0.15) is 19.3 Å². The van der Waals surface area contributed by atoms with Gasteiger partial charge in [-0.1, -0.05) is 36.4 Å². The second-order valence-corrected chi connectivity index (χ2v) is 5.33. The smallest absolute Gasteiger partial charge is 0.224 e. The van der Waals surface area contributed by atoms with Crippen molar-refractivity contribution in [1.82, 2.24) is 0 Å². The Bertz CT molecular complexity index is 597. The molecule has 0 atom stereocenters. The molecule has 1 aliphatic heterocycles. The van der Waals surface area contributed by atoms with E-state index in [1.165, 1.54) is 0 Å². The number of carbonyl (C=O) groups excluding carboxylic acids is 1. The molecule has 0 aliphatic carbocycles. The molecule has 1 fully saturated rings. The Morgan fingerprint density at radius 2 is 1.85 bits per heavy atom. The maximum Gasteiger partial charge on any atom is 0.224 e. The Kier molecular flexibility index (Phi) is 3.97. The lowest BCUT2D eigenvalue weighted by molar-refractivity contribution is -0.117. The van der Waals surface area contributed by atoms with E-state index in [2.05, 4.69) is 17.4 Å². The van der Waals surface area contributed by atoms with Gasteiger partial charge in [-0.05, 0) is 30.2 Å². The summed E-state index contributed by atoms with van der Waals surface area (Å²) in [5, 5.41) is 5.29. The largest absolute Gasteiger partial charge is 0.381 e. The molecular formula is C17H19NO2. The highest BCUT2D eigenvalue weighted by Gasteiger charge is 2.17. The molecule has 0 spiro atoms. The van der Waals surface area contributed by atoms with E-state index in [1.807, 2.05) is 30.3 Å². The molecule has 2 aromatic carbocycles. The van der Waals surface area contributed by atoms with Crippen LogP contribution in [-0.4, -0.2) is 19.1 Å². The molecule has 1 amide bonds. The van der Waals surface area contributed by atoms with Crippen molar-refractivity contribution in [3.63, 3.8) is 0 Å². The van der Waals surface area contributed by atoms with E-state index in [9.17, 15) is 4.79 Å². The van der Waals surface area contributed by atoms with Crippen molar-refractivity contribution < 1.29 is 9.53 Å². The van der Waals surface area contributed by atoms with Crippen molar-refractivity contribution in [2.45, 2.75) is 19.3 Å². The number of rotatable bonds is 3. The van der Waals surface area contributed by atoms with Crippen LogP contribution >= 0.6 is 0 Å². The number of ether oxygens (including phenoxy) is 1. The zero-order chi connectivity index (χ0) is 13.8. The van der Waals surface area contributed by atoms with Crippen LogP contribution in [0.4, 0.5) is 5.69 Å². The van der Waals surface area contributed by atoms with Gasteiger partial charge in [0.2, 0.25) is 5.91 Å². The van der Waals surface area contributed by atoms with E-state index in [0.717, 1.165) is 42.5 Å². The van der Waals surface area contributed by atoms with Gasteiger partial charge in [0.25, 0.3) is 0 Å². The van der Waals surface area contributed by atoms with E-state index in [4.69, 9.17) is 4.74 Å². The van der Waals surface area contributed by atoms with Crippen LogP contribution in [0.15, 0.2) is 42.5 Å². The fourth-order valence-corrected chi connectivity index (χ4v) is 2.75. The average Bonchev–Trinajstić information content (AvgIpc) is 2.48. The quantitative estimate of drug-likeness (QED) is 0.924. The first-order valence-corrected chi connectivity index (χ1v) is 7.18. The summed E-state index contributed by atoms with van der Waals surface area (Å²) in [6, 6.07) is 14.1. The Morgan fingerprint density at radius 1 is 1.10 bits per heavy atom. The number of anilines is 1. The first kappa shape index (κ1) is 13.1. The molecule has 3 nitrogen and oxygen atoms in total. The zero-order valence-electron chi connectivity index (χ0n) is 11.5. The molecule has 0 aromatic heterocycles. The van der Waals surface area contributed by atoms with Gasteiger partial charge in [-0.3, -0.25) is 4.79 Å². The van der Waals surface area contributed by atoms with Gasteiger partial charge in [-0.25, -0.2) is 0 Å². The first-order chi connectivity index (χ1) is 9.83. The number of hydrogen-bond acceptors (Lipinski definition) is 2. The molecule has 0 bridgehead atoms. The minimum atomic E-state index is 0.105. The summed E-state index contributed by atoms with van der Waals surface area (Å²) in [6.45, 7) is 1.57. The zero-order valence-corrected chi connectivity index (χ0v) is 11.5. The normalized spacial score (nSPS) is 16.2. The minimum Gasteiger partial charge on any atom is -0.381 e. The van der Waals surface area contributed by atoms with Crippen LogP contribution in [0.2, 0.25) is 0 Å². The summed E-state index contributed by atoms with van der Waals surface area (Å²) in [6.07, 6.45) is 2.57. The van der Waals surface area contributed by atoms with Gasteiger partial charge in [0.05, 0.1) is 0 Å². The van der Waals surface area contributed by atoms with Gasteiger partial charge in [0.15, 0.2) is 0 Å². The van der Waals surface area contributed by atoms with Crippen molar-refractivity contribution in [1.29, 1.82) is 0 Å². The number of carbonyl (C=O) groups is 1. The maximum absolute atomic E-state index is 12.2. The maximum atomic E-state index is 12.2. The topological polar surface area (TPSA) is 38.3 Å². The van der Waals surface area contributed by atoms with E-state index < -0.39 is 0 Å². The third-order valence-electron chi connectivity index (χ3n) is 3.88. The molecule has 0 unspecified atom stereocenters. The third-order valence-corrected chi connectivity index (χ3v) is 3.88. The molecule has 1 heterocycles. The molecule has 104 valence electrons. The SMILES string of the molecule is O=C(CC1CCOCC1)Nc1cccc2ccccc12. The lowest BCUT2D eigenvalue weighted by atomic mass is 9.96. The van der Waals surface area contributed by atoms with Gasteiger partial charge in [-0.2, -0.15) is 0 Å². The van der Waals surface area contributed by atoms with Crippen LogP contribution in [0, 0.1) is 5.92 Å². The Balaban J connectivity index is 1.71. The summed E-state index contributed by atoms with van der Waals surface area (Å²) in [5.41, 5.74) is 0.903. The molecule has 3 rings (SSSR count). The lowest BCUT2D eigenvalue weighted by Crippen LogP contribution is -2.22.